The molecule has 6 heteroatoms. The van der Waals surface area contributed by atoms with Crippen LogP contribution in [0.3, 0.4) is 0 Å². The average molecular weight is 426 g/mol. The zero-order chi connectivity index (χ0) is 21.2. The molecule has 2 aromatic rings. The number of allylic oxidation sites excluding steroid dienone is 1. The number of hydroxylamine groups is 1. The highest BCUT2D eigenvalue weighted by Crippen LogP contribution is 2.13. The fourth-order valence-corrected chi connectivity index (χ4v) is 3.06. The number of alkyl halides is 1. The Bertz CT molecular complexity index is 898. The van der Waals surface area contributed by atoms with Gasteiger partial charge in [-0.25, -0.2) is 10.3 Å². The summed E-state index contributed by atoms with van der Waals surface area (Å²) < 4.78 is 5.39. The van der Waals surface area contributed by atoms with E-state index < -0.39 is 0 Å². The summed E-state index contributed by atoms with van der Waals surface area (Å²) in [5.41, 5.74) is 5.72. The number of rotatable bonds is 8. The van der Waals surface area contributed by atoms with Gasteiger partial charge in [0.05, 0.1) is 0 Å². The van der Waals surface area contributed by atoms with Gasteiger partial charge in [0.1, 0.15) is 0 Å². The highest BCUT2D eigenvalue weighted by molar-refractivity contribution is 6.17. The predicted octanol–water partition coefficient (Wildman–Crippen LogP) is 4.91. The van der Waals surface area contributed by atoms with Gasteiger partial charge >= 0.3 is 0 Å². The molecular weight excluding hydrogens is 402 g/mol. The molecule has 0 spiro atoms. The van der Waals surface area contributed by atoms with Crippen molar-refractivity contribution >= 4 is 35.4 Å². The van der Waals surface area contributed by atoms with Crippen LogP contribution in [0.5, 0.6) is 0 Å². The van der Waals surface area contributed by atoms with Crippen molar-refractivity contribution in [2.75, 3.05) is 6.61 Å². The zero-order valence-corrected chi connectivity index (χ0v) is 17.3. The molecule has 156 valence electrons. The molecule has 30 heavy (non-hydrogen) atoms. The van der Waals surface area contributed by atoms with E-state index >= 15 is 0 Å². The molecule has 1 heterocycles. The topological polar surface area (TPSA) is 64.6 Å². The summed E-state index contributed by atoms with van der Waals surface area (Å²) in [5, 5.41) is 0. The number of benzene rings is 2. The van der Waals surface area contributed by atoms with E-state index in [1.54, 1.807) is 30.4 Å². The van der Waals surface area contributed by atoms with Gasteiger partial charge in [0, 0.05) is 30.5 Å². The number of carbonyl (C=O) groups excluding carboxylic acids is 2. The Labute approximate surface area is 181 Å². The van der Waals surface area contributed by atoms with Crippen LogP contribution in [-0.2, 0) is 20.2 Å². The van der Waals surface area contributed by atoms with Crippen LogP contribution in [0, 0.1) is 0 Å². The molecule has 1 amide bonds. The fraction of sp³-hybridized carbons (Fsp3) is 0.250. The van der Waals surface area contributed by atoms with Gasteiger partial charge in [-0.15, -0.1) is 11.6 Å². The molecule has 0 bridgehead atoms. The van der Waals surface area contributed by atoms with Crippen LogP contribution in [0.2, 0.25) is 0 Å². The molecule has 2 aromatic carbocycles. The van der Waals surface area contributed by atoms with Crippen molar-refractivity contribution < 1.29 is 19.2 Å². The van der Waals surface area contributed by atoms with Crippen LogP contribution in [0.4, 0.5) is 0 Å². The molecule has 0 aromatic heterocycles. The summed E-state index contributed by atoms with van der Waals surface area (Å²) in [4.78, 5) is 29.3. The summed E-state index contributed by atoms with van der Waals surface area (Å²) >= 11 is 5.76. The van der Waals surface area contributed by atoms with E-state index in [0.717, 1.165) is 36.0 Å². The summed E-state index contributed by atoms with van der Waals surface area (Å²) in [7, 11) is 0. The van der Waals surface area contributed by atoms with E-state index in [0.29, 0.717) is 18.1 Å². The molecule has 5 nitrogen and oxygen atoms in total. The van der Waals surface area contributed by atoms with Crippen LogP contribution in [-0.4, -0.2) is 24.6 Å². The SMILES string of the molecule is O=C(C=Cc1ccc(C=CC(=O)c2ccc(CCl)cc2)cc1)NOC1CCCCO1. The highest BCUT2D eigenvalue weighted by Gasteiger charge is 2.14. The molecule has 1 aliphatic rings. The summed E-state index contributed by atoms with van der Waals surface area (Å²) in [6, 6.07) is 14.7. The summed E-state index contributed by atoms with van der Waals surface area (Å²) in [6.45, 7) is 0.656. The number of hydrogen-bond donors (Lipinski definition) is 1. The van der Waals surface area contributed by atoms with Gasteiger partial charge in [0.15, 0.2) is 12.1 Å². The van der Waals surface area contributed by atoms with E-state index in [1.165, 1.54) is 6.08 Å². The first-order chi connectivity index (χ1) is 14.6. The summed E-state index contributed by atoms with van der Waals surface area (Å²) in [5.74, 6) is 0.00647. The molecular formula is C24H24ClNO4. The maximum absolute atomic E-state index is 12.2. The zero-order valence-electron chi connectivity index (χ0n) is 16.6. The fourth-order valence-electron chi connectivity index (χ4n) is 2.88. The maximum Gasteiger partial charge on any atom is 0.267 e. The predicted molar refractivity (Wildman–Crippen MR) is 118 cm³/mol. The average Bonchev–Trinajstić information content (AvgIpc) is 2.81. The molecule has 0 saturated carbocycles. The van der Waals surface area contributed by atoms with Crippen LogP contribution in [0.15, 0.2) is 60.7 Å². The third-order valence-corrected chi connectivity index (χ3v) is 4.92. The molecule has 1 unspecified atom stereocenters. The van der Waals surface area contributed by atoms with Crippen molar-refractivity contribution in [1.29, 1.82) is 0 Å². The van der Waals surface area contributed by atoms with Crippen molar-refractivity contribution in [2.45, 2.75) is 31.4 Å². The largest absolute Gasteiger partial charge is 0.350 e. The van der Waals surface area contributed by atoms with Crippen molar-refractivity contribution in [3.63, 3.8) is 0 Å². The Kier molecular flexibility index (Phi) is 8.39. The Hall–Kier alpha value is -2.73. The van der Waals surface area contributed by atoms with E-state index in [9.17, 15) is 9.59 Å². The van der Waals surface area contributed by atoms with Crippen molar-refractivity contribution in [2.24, 2.45) is 0 Å². The lowest BCUT2D eigenvalue weighted by molar-refractivity contribution is -0.198. The van der Waals surface area contributed by atoms with Gasteiger partial charge < -0.3 is 4.74 Å². The van der Waals surface area contributed by atoms with Gasteiger partial charge in [-0.3, -0.25) is 9.59 Å². The van der Waals surface area contributed by atoms with E-state index in [2.05, 4.69) is 5.48 Å². The smallest absolute Gasteiger partial charge is 0.267 e. The number of hydrogen-bond acceptors (Lipinski definition) is 4. The van der Waals surface area contributed by atoms with Gasteiger partial charge in [-0.05, 0) is 41.7 Å². The number of ketones is 1. The van der Waals surface area contributed by atoms with Crippen molar-refractivity contribution in [1.82, 2.24) is 5.48 Å². The van der Waals surface area contributed by atoms with E-state index in [1.807, 2.05) is 36.4 Å². The molecule has 0 aliphatic carbocycles. The molecule has 1 fully saturated rings. The Morgan fingerprint density at radius 2 is 1.67 bits per heavy atom. The normalized spacial score (nSPS) is 16.8. The monoisotopic (exact) mass is 425 g/mol. The van der Waals surface area contributed by atoms with Crippen molar-refractivity contribution in [3.8, 4) is 0 Å². The Balaban J connectivity index is 1.48. The third kappa shape index (κ3) is 6.95. The molecule has 3 rings (SSSR count). The minimum Gasteiger partial charge on any atom is -0.350 e. The second kappa shape index (κ2) is 11.5. The van der Waals surface area contributed by atoms with Crippen molar-refractivity contribution in [3.05, 3.63) is 82.9 Å². The van der Waals surface area contributed by atoms with E-state index in [4.69, 9.17) is 21.2 Å². The first kappa shape index (κ1) is 22.0. The second-order valence-electron chi connectivity index (χ2n) is 6.91. The second-order valence-corrected chi connectivity index (χ2v) is 7.18. The lowest BCUT2D eigenvalue weighted by atomic mass is 10.1. The van der Waals surface area contributed by atoms with Gasteiger partial charge in [0.2, 0.25) is 0 Å². The quantitative estimate of drug-likeness (QED) is 0.282. The molecule has 1 aliphatic heterocycles. The lowest BCUT2D eigenvalue weighted by Crippen LogP contribution is -2.32. The van der Waals surface area contributed by atoms with Crippen LogP contribution >= 0.6 is 11.6 Å². The maximum atomic E-state index is 12.2. The Morgan fingerprint density at radius 3 is 2.27 bits per heavy atom. The van der Waals surface area contributed by atoms with Crippen LogP contribution in [0.25, 0.3) is 12.2 Å². The minimum absolute atomic E-state index is 0.0706. The number of amides is 1. The first-order valence-corrected chi connectivity index (χ1v) is 10.4. The van der Waals surface area contributed by atoms with E-state index in [-0.39, 0.29) is 18.0 Å². The van der Waals surface area contributed by atoms with Crippen LogP contribution in [0.1, 0.15) is 46.3 Å². The Morgan fingerprint density at radius 1 is 1.00 bits per heavy atom. The summed E-state index contributed by atoms with van der Waals surface area (Å²) in [6.07, 6.45) is 8.86. The molecule has 0 radical (unpaired) electrons. The van der Waals surface area contributed by atoms with Gasteiger partial charge in [-0.1, -0.05) is 54.6 Å². The first-order valence-electron chi connectivity index (χ1n) is 9.87. The number of nitrogens with one attached hydrogen (secondary N) is 1. The number of ether oxygens (including phenoxy) is 1. The molecule has 1 N–H and O–H groups in total. The third-order valence-electron chi connectivity index (χ3n) is 4.61. The lowest BCUT2D eigenvalue weighted by Gasteiger charge is -2.21. The standard InChI is InChI=1S/C24H24ClNO4/c25-17-20-8-12-21(13-9-20)22(27)14-10-18-4-6-19(7-5-18)11-15-23(28)26-30-24-3-1-2-16-29-24/h4-15,24H,1-3,16-17H2,(H,26,28). The number of carbonyl (C=O) groups is 2. The van der Waals surface area contributed by atoms with Gasteiger partial charge in [0.25, 0.3) is 5.91 Å². The molecule has 1 atom stereocenters. The van der Waals surface area contributed by atoms with Gasteiger partial charge in [-0.2, -0.15) is 0 Å². The minimum atomic E-state index is -0.372. The number of halogens is 1. The highest BCUT2D eigenvalue weighted by atomic mass is 35.5. The molecule has 1 saturated heterocycles. The van der Waals surface area contributed by atoms with Crippen LogP contribution < -0.4 is 5.48 Å².